The van der Waals surface area contributed by atoms with Crippen LogP contribution in [0.25, 0.3) is 0 Å². The van der Waals surface area contributed by atoms with Crippen molar-refractivity contribution in [2.45, 2.75) is 39.3 Å². The molecular formula is C23H37N3O5. The zero-order valence-electron chi connectivity index (χ0n) is 19.6. The van der Waals surface area contributed by atoms with E-state index in [0.29, 0.717) is 30.2 Å². The fraction of sp³-hybridized carbons (Fsp3) is 0.652. The minimum Gasteiger partial charge on any atom is -0.491 e. The van der Waals surface area contributed by atoms with Crippen LogP contribution in [0.5, 0.6) is 5.75 Å². The van der Waals surface area contributed by atoms with Crippen molar-refractivity contribution in [1.82, 2.24) is 9.80 Å². The van der Waals surface area contributed by atoms with Gasteiger partial charge in [-0.3, -0.25) is 14.5 Å². The van der Waals surface area contributed by atoms with Crippen LogP contribution >= 0.6 is 0 Å². The maximum absolute atomic E-state index is 13.2. The third-order valence-corrected chi connectivity index (χ3v) is 5.65. The molecular weight excluding hydrogens is 398 g/mol. The number of methoxy groups -OCH3 is 2. The average Bonchev–Trinajstić information content (AvgIpc) is 2.74. The van der Waals surface area contributed by atoms with Crippen LogP contribution in [0.15, 0.2) is 18.2 Å². The summed E-state index contributed by atoms with van der Waals surface area (Å²) in [5.74, 6) is 0.306. The maximum Gasteiger partial charge on any atom is 0.257 e. The Hall–Kier alpha value is -2.16. The Labute approximate surface area is 185 Å². The molecule has 0 saturated carbocycles. The summed E-state index contributed by atoms with van der Waals surface area (Å²) in [7, 11) is 4.94. The number of anilines is 1. The second-order valence-corrected chi connectivity index (χ2v) is 8.28. The molecule has 1 N–H and O–H groups in total. The lowest BCUT2D eigenvalue weighted by molar-refractivity contribution is -0.119. The molecule has 0 radical (unpaired) electrons. The lowest BCUT2D eigenvalue weighted by Gasteiger charge is -2.35. The zero-order chi connectivity index (χ0) is 23.0. The molecule has 0 aromatic heterocycles. The number of carbonyl (C=O) groups excluding carboxylic acids is 2. The van der Waals surface area contributed by atoms with Gasteiger partial charge in [0.15, 0.2) is 0 Å². The first-order valence-electron chi connectivity index (χ1n) is 10.9. The summed E-state index contributed by atoms with van der Waals surface area (Å²) in [6.07, 6.45) is 0.969. The number of ether oxygens (including phenoxy) is 3. The molecule has 8 heteroatoms. The largest absolute Gasteiger partial charge is 0.491 e. The van der Waals surface area contributed by atoms with Crippen molar-refractivity contribution in [2.75, 3.05) is 59.4 Å². The number of hydrogen-bond donors (Lipinski definition) is 1. The quantitative estimate of drug-likeness (QED) is 0.740. The maximum atomic E-state index is 13.2. The molecule has 2 amide bonds. The highest BCUT2D eigenvalue weighted by molar-refractivity contribution is 5.98. The molecule has 0 saturated heterocycles. The number of likely N-dealkylation sites (N-methyl/N-ethyl adjacent to an activating group) is 1. The Morgan fingerprint density at radius 3 is 2.65 bits per heavy atom. The highest BCUT2D eigenvalue weighted by atomic mass is 16.5. The van der Waals surface area contributed by atoms with Crippen molar-refractivity contribution < 1.29 is 23.8 Å². The second-order valence-electron chi connectivity index (χ2n) is 8.28. The molecule has 3 atom stereocenters. The van der Waals surface area contributed by atoms with Crippen LogP contribution in [0.1, 0.15) is 37.6 Å². The second kappa shape index (κ2) is 12.0. The number of nitrogens with zero attached hydrogens (tertiary/aromatic N) is 2. The van der Waals surface area contributed by atoms with Crippen LogP contribution in [0.4, 0.5) is 5.69 Å². The van der Waals surface area contributed by atoms with Crippen molar-refractivity contribution in [3.63, 3.8) is 0 Å². The van der Waals surface area contributed by atoms with Gasteiger partial charge >= 0.3 is 0 Å². The molecule has 1 aromatic rings. The van der Waals surface area contributed by atoms with E-state index in [2.05, 4.69) is 31.0 Å². The Bertz CT molecular complexity index is 742. The highest BCUT2D eigenvalue weighted by Crippen LogP contribution is 2.27. The van der Waals surface area contributed by atoms with Crippen LogP contribution < -0.4 is 10.1 Å². The summed E-state index contributed by atoms with van der Waals surface area (Å²) in [6, 6.07) is 5.26. The smallest absolute Gasteiger partial charge is 0.257 e. The van der Waals surface area contributed by atoms with Gasteiger partial charge in [0.05, 0.1) is 11.7 Å². The molecule has 1 aliphatic heterocycles. The number of carbonyl (C=O) groups is 2. The van der Waals surface area contributed by atoms with Crippen molar-refractivity contribution in [3.8, 4) is 5.75 Å². The van der Waals surface area contributed by atoms with E-state index in [1.165, 1.54) is 7.11 Å². The van der Waals surface area contributed by atoms with Crippen LogP contribution in [-0.2, 0) is 14.3 Å². The molecule has 31 heavy (non-hydrogen) atoms. The summed E-state index contributed by atoms with van der Waals surface area (Å²) >= 11 is 0. The highest BCUT2D eigenvalue weighted by Gasteiger charge is 2.28. The summed E-state index contributed by atoms with van der Waals surface area (Å²) in [4.78, 5) is 29.2. The van der Waals surface area contributed by atoms with Crippen LogP contribution in [-0.4, -0.2) is 87.9 Å². The first-order valence-corrected chi connectivity index (χ1v) is 10.9. The van der Waals surface area contributed by atoms with E-state index in [4.69, 9.17) is 14.2 Å². The number of nitrogens with one attached hydrogen (secondary N) is 1. The molecule has 174 valence electrons. The van der Waals surface area contributed by atoms with E-state index < -0.39 is 0 Å². The predicted molar refractivity (Wildman–Crippen MR) is 121 cm³/mol. The molecule has 8 nitrogen and oxygen atoms in total. The van der Waals surface area contributed by atoms with Gasteiger partial charge in [-0.15, -0.1) is 0 Å². The van der Waals surface area contributed by atoms with E-state index in [-0.39, 0.29) is 36.5 Å². The number of fused-ring (bicyclic) bond motifs is 1. The zero-order valence-corrected chi connectivity index (χ0v) is 19.6. The number of hydrogen-bond acceptors (Lipinski definition) is 6. The Morgan fingerprint density at radius 1 is 1.26 bits per heavy atom. The normalized spacial score (nSPS) is 23.4. The Kier molecular flexibility index (Phi) is 9.74. The van der Waals surface area contributed by atoms with Gasteiger partial charge < -0.3 is 24.4 Å². The minimum atomic E-state index is -0.265. The molecule has 0 spiro atoms. The van der Waals surface area contributed by atoms with Gasteiger partial charge in [-0.05, 0) is 37.9 Å². The number of benzene rings is 1. The first kappa shape index (κ1) is 25.1. The summed E-state index contributed by atoms with van der Waals surface area (Å²) in [5, 5.41) is 2.77. The SMILES string of the molecule is CCCN1C[C@@H](C)[C@@H](OC)CN(C)C(=O)c2ccc(NC(=O)COC)cc2OC[C@H]1C. The fourth-order valence-electron chi connectivity index (χ4n) is 3.85. The monoisotopic (exact) mass is 435 g/mol. The van der Waals surface area contributed by atoms with Crippen molar-refractivity contribution in [2.24, 2.45) is 5.92 Å². The van der Waals surface area contributed by atoms with Gasteiger partial charge in [0, 0.05) is 52.2 Å². The molecule has 0 bridgehead atoms. The van der Waals surface area contributed by atoms with E-state index >= 15 is 0 Å². The third-order valence-electron chi connectivity index (χ3n) is 5.65. The van der Waals surface area contributed by atoms with Crippen molar-refractivity contribution >= 4 is 17.5 Å². The molecule has 1 aliphatic rings. The van der Waals surface area contributed by atoms with Gasteiger partial charge in [0.25, 0.3) is 5.91 Å². The lowest BCUT2D eigenvalue weighted by Crippen LogP contribution is -2.46. The van der Waals surface area contributed by atoms with E-state index in [1.807, 2.05) is 0 Å². The average molecular weight is 436 g/mol. The van der Waals surface area contributed by atoms with Gasteiger partial charge in [-0.25, -0.2) is 0 Å². The van der Waals surface area contributed by atoms with Crippen molar-refractivity contribution in [3.05, 3.63) is 23.8 Å². The standard InChI is InChI=1S/C23H37N3O5/c1-7-10-26-12-16(2)21(30-6)13-25(4)23(28)19-9-8-18(24-22(27)15-29-5)11-20(19)31-14-17(26)3/h8-9,11,16-17,21H,7,10,12-15H2,1-6H3,(H,24,27)/t16-,17-,21+/m1/s1. The summed E-state index contributed by atoms with van der Waals surface area (Å²) in [5.41, 5.74) is 1.02. The lowest BCUT2D eigenvalue weighted by atomic mass is 10.0. The van der Waals surface area contributed by atoms with Gasteiger partial charge in [0.2, 0.25) is 5.91 Å². The molecule has 0 fully saturated rings. The van der Waals surface area contributed by atoms with Gasteiger partial charge in [-0.2, -0.15) is 0 Å². The van der Waals surface area contributed by atoms with Crippen LogP contribution in [0, 0.1) is 5.92 Å². The van der Waals surface area contributed by atoms with E-state index in [9.17, 15) is 9.59 Å². The van der Waals surface area contributed by atoms with Gasteiger partial charge in [0.1, 0.15) is 19.0 Å². The topological polar surface area (TPSA) is 80.3 Å². The molecule has 0 unspecified atom stereocenters. The first-order chi connectivity index (χ1) is 14.8. The van der Waals surface area contributed by atoms with Crippen molar-refractivity contribution in [1.29, 1.82) is 0 Å². The fourth-order valence-corrected chi connectivity index (χ4v) is 3.85. The summed E-state index contributed by atoms with van der Waals surface area (Å²) in [6.45, 7) is 9.16. The Morgan fingerprint density at radius 2 is 2.00 bits per heavy atom. The summed E-state index contributed by atoms with van der Waals surface area (Å²) < 4.78 is 16.8. The number of rotatable bonds is 6. The molecule has 1 heterocycles. The predicted octanol–water partition coefficient (Wildman–Crippen LogP) is 2.49. The van der Waals surface area contributed by atoms with Gasteiger partial charge in [-0.1, -0.05) is 13.8 Å². The Balaban J connectivity index is 2.38. The number of amides is 2. The molecule has 1 aromatic carbocycles. The van der Waals surface area contributed by atoms with Crippen LogP contribution in [0.2, 0.25) is 0 Å². The minimum absolute atomic E-state index is 0.0424. The molecule has 0 aliphatic carbocycles. The third kappa shape index (κ3) is 6.92. The van der Waals surface area contributed by atoms with Crippen LogP contribution in [0.3, 0.4) is 0 Å². The van der Waals surface area contributed by atoms with E-state index in [0.717, 1.165) is 19.5 Å². The molecule has 2 rings (SSSR count). The van der Waals surface area contributed by atoms with E-state index in [1.54, 1.807) is 37.3 Å².